The molecule has 0 spiro atoms. The molecular weight excluding hydrogens is 401 g/mol. The van der Waals surface area contributed by atoms with Gasteiger partial charge in [0.1, 0.15) is 11.5 Å². The Labute approximate surface area is 176 Å². The van der Waals surface area contributed by atoms with E-state index in [-0.39, 0.29) is 23.7 Å². The Balaban J connectivity index is 1.24. The van der Waals surface area contributed by atoms with Crippen LogP contribution in [-0.4, -0.2) is 25.2 Å². The van der Waals surface area contributed by atoms with Gasteiger partial charge in [0, 0.05) is 30.4 Å². The summed E-state index contributed by atoms with van der Waals surface area (Å²) in [4.78, 5) is 29.0. The van der Waals surface area contributed by atoms with Crippen molar-refractivity contribution in [1.82, 2.24) is 19.3 Å². The number of fused-ring (bicyclic) bond motifs is 1. The molecule has 5 rings (SSSR count). The van der Waals surface area contributed by atoms with Gasteiger partial charge in [0.05, 0.1) is 11.7 Å². The molecule has 158 valence electrons. The molecule has 1 amide bonds. The van der Waals surface area contributed by atoms with Crippen LogP contribution in [0.1, 0.15) is 31.7 Å². The maximum atomic E-state index is 13.9. The number of anilines is 1. The van der Waals surface area contributed by atoms with Crippen molar-refractivity contribution in [2.24, 2.45) is 5.92 Å². The van der Waals surface area contributed by atoms with Crippen LogP contribution in [-0.2, 0) is 4.79 Å². The molecule has 1 saturated carbocycles. The molecule has 0 unspecified atom stereocenters. The highest BCUT2D eigenvalue weighted by Crippen LogP contribution is 2.34. The SMILES string of the molecule is O=C(Nc1ccn(-c2ccccc2F)n1)C1CCC(n2c(=O)oc3cnccc32)CC1. The molecule has 0 aliphatic heterocycles. The second-order valence-corrected chi connectivity index (χ2v) is 7.67. The lowest BCUT2D eigenvalue weighted by atomic mass is 9.85. The van der Waals surface area contributed by atoms with Crippen LogP contribution in [0.4, 0.5) is 10.2 Å². The van der Waals surface area contributed by atoms with Gasteiger partial charge in [0.25, 0.3) is 0 Å². The van der Waals surface area contributed by atoms with Crippen LogP contribution >= 0.6 is 0 Å². The third kappa shape index (κ3) is 3.63. The Morgan fingerprint density at radius 3 is 2.74 bits per heavy atom. The first-order valence-electron chi connectivity index (χ1n) is 10.2. The van der Waals surface area contributed by atoms with Gasteiger partial charge in [-0.15, -0.1) is 5.10 Å². The van der Waals surface area contributed by atoms with Gasteiger partial charge in [-0.25, -0.2) is 13.9 Å². The van der Waals surface area contributed by atoms with E-state index in [1.165, 1.54) is 16.9 Å². The first-order valence-corrected chi connectivity index (χ1v) is 10.2. The van der Waals surface area contributed by atoms with Crippen molar-refractivity contribution in [1.29, 1.82) is 0 Å². The zero-order valence-corrected chi connectivity index (χ0v) is 16.6. The van der Waals surface area contributed by atoms with Crippen LogP contribution in [0.5, 0.6) is 0 Å². The van der Waals surface area contributed by atoms with Crippen LogP contribution in [0.3, 0.4) is 0 Å². The Hall–Kier alpha value is -3.75. The summed E-state index contributed by atoms with van der Waals surface area (Å²) < 4.78 is 22.3. The van der Waals surface area contributed by atoms with Gasteiger partial charge in [-0.2, -0.15) is 0 Å². The molecule has 3 heterocycles. The van der Waals surface area contributed by atoms with E-state index in [4.69, 9.17) is 4.42 Å². The fourth-order valence-corrected chi connectivity index (χ4v) is 4.22. The van der Waals surface area contributed by atoms with Crippen LogP contribution in [0.15, 0.2) is 64.2 Å². The predicted molar refractivity (Wildman–Crippen MR) is 111 cm³/mol. The van der Waals surface area contributed by atoms with Gasteiger partial charge in [0.2, 0.25) is 5.91 Å². The number of para-hydroxylation sites is 1. The van der Waals surface area contributed by atoms with Gasteiger partial charge in [0.15, 0.2) is 11.4 Å². The molecule has 0 atom stereocenters. The van der Waals surface area contributed by atoms with E-state index in [1.807, 2.05) is 0 Å². The molecule has 1 aliphatic carbocycles. The molecule has 8 nitrogen and oxygen atoms in total. The Morgan fingerprint density at radius 2 is 1.94 bits per heavy atom. The monoisotopic (exact) mass is 421 g/mol. The summed E-state index contributed by atoms with van der Waals surface area (Å²) in [6.07, 6.45) is 7.46. The average Bonchev–Trinajstić information content (AvgIpc) is 3.37. The Morgan fingerprint density at radius 1 is 1.13 bits per heavy atom. The topological polar surface area (TPSA) is 95.0 Å². The van der Waals surface area contributed by atoms with E-state index < -0.39 is 5.76 Å². The normalized spacial score (nSPS) is 18.9. The summed E-state index contributed by atoms with van der Waals surface area (Å²) in [5.74, 6) is -0.703. The summed E-state index contributed by atoms with van der Waals surface area (Å²) in [6.45, 7) is 0. The van der Waals surface area contributed by atoms with Gasteiger partial charge >= 0.3 is 5.76 Å². The van der Waals surface area contributed by atoms with Gasteiger partial charge < -0.3 is 9.73 Å². The van der Waals surface area contributed by atoms with E-state index in [0.29, 0.717) is 42.8 Å². The number of aromatic nitrogens is 4. The Kier molecular flexibility index (Phi) is 4.85. The molecule has 1 fully saturated rings. The number of pyridine rings is 1. The van der Waals surface area contributed by atoms with Crippen molar-refractivity contribution < 1.29 is 13.6 Å². The van der Waals surface area contributed by atoms with Crippen LogP contribution in [0.25, 0.3) is 16.8 Å². The number of nitrogens with zero attached hydrogens (tertiary/aromatic N) is 4. The minimum Gasteiger partial charge on any atom is -0.406 e. The summed E-state index contributed by atoms with van der Waals surface area (Å²) in [5.41, 5.74) is 1.51. The van der Waals surface area contributed by atoms with E-state index in [0.717, 1.165) is 5.52 Å². The fraction of sp³-hybridized carbons (Fsp3) is 0.273. The maximum Gasteiger partial charge on any atom is 0.420 e. The van der Waals surface area contributed by atoms with E-state index in [9.17, 15) is 14.0 Å². The summed E-state index contributed by atoms with van der Waals surface area (Å²) >= 11 is 0. The van der Waals surface area contributed by atoms with Crippen molar-refractivity contribution in [3.05, 3.63) is 71.4 Å². The molecular formula is C22H20FN5O3. The fourth-order valence-electron chi connectivity index (χ4n) is 4.22. The maximum absolute atomic E-state index is 13.9. The van der Waals surface area contributed by atoms with Gasteiger partial charge in [-0.3, -0.25) is 14.3 Å². The van der Waals surface area contributed by atoms with Crippen molar-refractivity contribution in [3.8, 4) is 5.69 Å². The second kappa shape index (κ2) is 7.82. The number of halogens is 1. The van der Waals surface area contributed by atoms with Gasteiger partial charge in [-0.05, 0) is 43.9 Å². The smallest absolute Gasteiger partial charge is 0.406 e. The number of hydrogen-bond donors (Lipinski definition) is 1. The standard InChI is InChI=1S/C22H20FN5O3/c23-16-3-1-2-4-17(16)27-12-10-20(26-27)25-21(29)14-5-7-15(8-6-14)28-18-9-11-24-13-19(18)31-22(28)30/h1-4,9-15H,5-8H2,(H,25,26,29). The summed E-state index contributed by atoms with van der Waals surface area (Å²) in [5, 5.41) is 7.08. The van der Waals surface area contributed by atoms with Crippen LogP contribution in [0, 0.1) is 11.7 Å². The molecule has 0 saturated heterocycles. The zero-order chi connectivity index (χ0) is 21.4. The molecule has 0 radical (unpaired) electrons. The van der Waals surface area contributed by atoms with Gasteiger partial charge in [-0.1, -0.05) is 12.1 Å². The van der Waals surface area contributed by atoms with E-state index in [2.05, 4.69) is 15.4 Å². The zero-order valence-electron chi connectivity index (χ0n) is 16.6. The largest absolute Gasteiger partial charge is 0.420 e. The second-order valence-electron chi connectivity index (χ2n) is 7.67. The van der Waals surface area contributed by atoms with E-state index >= 15 is 0 Å². The Bertz CT molecular complexity index is 1300. The average molecular weight is 421 g/mol. The first kappa shape index (κ1) is 19.2. The number of hydrogen-bond acceptors (Lipinski definition) is 5. The first-order chi connectivity index (χ1) is 15.1. The number of benzene rings is 1. The number of rotatable bonds is 4. The van der Waals surface area contributed by atoms with Crippen molar-refractivity contribution in [2.75, 3.05) is 5.32 Å². The summed E-state index contributed by atoms with van der Waals surface area (Å²) in [7, 11) is 0. The lowest BCUT2D eigenvalue weighted by molar-refractivity contribution is -0.121. The highest BCUT2D eigenvalue weighted by molar-refractivity contribution is 5.91. The van der Waals surface area contributed by atoms with Crippen molar-refractivity contribution in [3.63, 3.8) is 0 Å². The molecule has 4 aromatic rings. The minimum atomic E-state index is -0.394. The molecule has 1 aromatic carbocycles. The van der Waals surface area contributed by atoms with Crippen LogP contribution < -0.4 is 11.1 Å². The lowest BCUT2D eigenvalue weighted by Gasteiger charge is -2.28. The van der Waals surface area contributed by atoms with Crippen molar-refractivity contribution in [2.45, 2.75) is 31.7 Å². The molecule has 1 N–H and O–H groups in total. The number of nitrogens with one attached hydrogen (secondary N) is 1. The third-order valence-corrected chi connectivity index (χ3v) is 5.79. The third-order valence-electron chi connectivity index (χ3n) is 5.79. The predicted octanol–water partition coefficient (Wildman–Crippen LogP) is 3.68. The molecule has 9 heteroatoms. The van der Waals surface area contributed by atoms with Crippen molar-refractivity contribution >= 4 is 22.8 Å². The number of carbonyl (C=O) groups excluding carboxylic acids is 1. The number of oxazole rings is 1. The van der Waals surface area contributed by atoms with E-state index in [1.54, 1.807) is 47.3 Å². The lowest BCUT2D eigenvalue weighted by Crippen LogP contribution is -2.30. The highest BCUT2D eigenvalue weighted by Gasteiger charge is 2.29. The van der Waals surface area contributed by atoms with Crippen LogP contribution in [0.2, 0.25) is 0 Å². The molecule has 31 heavy (non-hydrogen) atoms. The quantitative estimate of drug-likeness (QED) is 0.542. The highest BCUT2D eigenvalue weighted by atomic mass is 19.1. The molecule has 3 aromatic heterocycles. The number of amides is 1. The number of carbonyl (C=O) groups is 1. The summed E-state index contributed by atoms with van der Waals surface area (Å²) in [6, 6.07) is 9.71. The minimum absolute atomic E-state index is 0.0135. The molecule has 1 aliphatic rings. The molecule has 0 bridgehead atoms.